The first-order valence-corrected chi connectivity index (χ1v) is 13.5. The van der Waals surface area contributed by atoms with E-state index in [1.807, 2.05) is 42.5 Å². The predicted octanol–water partition coefficient (Wildman–Crippen LogP) is 4.83. The third-order valence-corrected chi connectivity index (χ3v) is 9.44. The molecule has 3 aromatic rings. The number of rotatable bonds is 8. The second-order valence-electron chi connectivity index (χ2n) is 8.19. The molecule has 3 aromatic carbocycles. The molecule has 0 saturated carbocycles. The summed E-state index contributed by atoms with van der Waals surface area (Å²) in [6.45, 7) is -0.0876. The molecule has 8 heteroatoms. The summed E-state index contributed by atoms with van der Waals surface area (Å²) in [7, 11) is -2.32. The number of ether oxygens (including phenoxy) is 1. The summed E-state index contributed by atoms with van der Waals surface area (Å²) in [5, 5.41) is 9.79. The average molecular weight is 498 g/mol. The van der Waals surface area contributed by atoms with E-state index in [2.05, 4.69) is 0 Å². The first-order chi connectivity index (χ1) is 16.4. The van der Waals surface area contributed by atoms with Gasteiger partial charge in [-0.1, -0.05) is 60.7 Å². The minimum Gasteiger partial charge on any atom is -0.497 e. The molecule has 0 aliphatic carbocycles. The number of aliphatic carboxylic acids is 1. The number of sulfonamides is 1. The minimum absolute atomic E-state index is 0.0876. The predicted molar refractivity (Wildman–Crippen MR) is 133 cm³/mol. The molecule has 4 rings (SSSR count). The van der Waals surface area contributed by atoms with Crippen LogP contribution in [0.4, 0.5) is 0 Å². The molecule has 1 saturated heterocycles. The zero-order valence-corrected chi connectivity index (χ0v) is 20.4. The molecule has 1 heterocycles. The lowest BCUT2D eigenvalue weighted by molar-refractivity contribution is -0.143. The van der Waals surface area contributed by atoms with Gasteiger partial charge in [-0.2, -0.15) is 16.1 Å². The molecule has 3 atom stereocenters. The maximum atomic E-state index is 13.6. The van der Waals surface area contributed by atoms with E-state index in [9.17, 15) is 18.3 Å². The van der Waals surface area contributed by atoms with Gasteiger partial charge in [0.1, 0.15) is 5.75 Å². The third kappa shape index (κ3) is 5.29. The standard InChI is InChI=1S/C26H27NO5S2/c1-32-21-14-12-20(13-15-21)24-16-25(33-18-19-8-4-2-5-9-19)23(26(28)29)17-27(24)34(30,31)22-10-6-3-7-11-22/h2-15,23-25H,16-18H2,1H3,(H,28,29)/t23-,24+,25-/m1/s1. The number of carboxylic acids is 1. The smallest absolute Gasteiger partial charge is 0.308 e. The van der Waals surface area contributed by atoms with E-state index in [0.29, 0.717) is 17.9 Å². The fraction of sp³-hybridized carbons (Fsp3) is 0.269. The van der Waals surface area contributed by atoms with E-state index in [4.69, 9.17) is 4.74 Å². The van der Waals surface area contributed by atoms with Crippen LogP contribution in [-0.4, -0.2) is 42.7 Å². The molecule has 1 N–H and O–H groups in total. The van der Waals surface area contributed by atoms with Crippen molar-refractivity contribution in [2.24, 2.45) is 5.92 Å². The van der Waals surface area contributed by atoms with Crippen LogP contribution in [0.2, 0.25) is 0 Å². The number of carboxylic acid groups (broad SMARTS) is 1. The fourth-order valence-electron chi connectivity index (χ4n) is 4.26. The van der Waals surface area contributed by atoms with Crippen LogP contribution in [0.5, 0.6) is 5.75 Å². The Morgan fingerprint density at radius 1 is 1.00 bits per heavy atom. The zero-order valence-electron chi connectivity index (χ0n) is 18.8. The number of hydrogen-bond donors (Lipinski definition) is 1. The Hall–Kier alpha value is -2.81. The molecule has 0 unspecified atom stereocenters. The van der Waals surface area contributed by atoms with Crippen molar-refractivity contribution in [3.63, 3.8) is 0 Å². The second kappa shape index (κ2) is 10.6. The highest BCUT2D eigenvalue weighted by Crippen LogP contribution is 2.43. The Morgan fingerprint density at radius 2 is 1.62 bits per heavy atom. The Balaban J connectivity index is 1.69. The van der Waals surface area contributed by atoms with Gasteiger partial charge in [0.2, 0.25) is 10.0 Å². The van der Waals surface area contributed by atoms with Gasteiger partial charge in [0.15, 0.2) is 0 Å². The molecule has 34 heavy (non-hydrogen) atoms. The Kier molecular flexibility index (Phi) is 7.60. The highest BCUT2D eigenvalue weighted by atomic mass is 32.2. The largest absolute Gasteiger partial charge is 0.497 e. The highest BCUT2D eigenvalue weighted by Gasteiger charge is 2.45. The molecule has 1 aliphatic heterocycles. The maximum Gasteiger partial charge on any atom is 0.308 e. The first-order valence-electron chi connectivity index (χ1n) is 11.0. The minimum atomic E-state index is -3.90. The molecule has 0 amide bonds. The SMILES string of the molecule is COc1ccc([C@@H]2C[C@@H](SCc3ccccc3)[C@H](C(=O)O)CN2S(=O)(=O)c2ccccc2)cc1. The van der Waals surface area contributed by atoms with E-state index in [1.165, 1.54) is 4.31 Å². The van der Waals surface area contributed by atoms with Gasteiger partial charge in [-0.05, 0) is 41.8 Å². The van der Waals surface area contributed by atoms with Gasteiger partial charge in [-0.3, -0.25) is 4.79 Å². The second-order valence-corrected chi connectivity index (χ2v) is 11.3. The topological polar surface area (TPSA) is 83.9 Å². The van der Waals surface area contributed by atoms with E-state index < -0.39 is 28.0 Å². The van der Waals surface area contributed by atoms with Crippen LogP contribution in [0, 0.1) is 5.92 Å². The van der Waals surface area contributed by atoms with Crippen LogP contribution < -0.4 is 4.74 Å². The quantitative estimate of drug-likeness (QED) is 0.480. The van der Waals surface area contributed by atoms with Crippen molar-refractivity contribution in [2.75, 3.05) is 13.7 Å². The van der Waals surface area contributed by atoms with E-state index in [-0.39, 0.29) is 16.7 Å². The van der Waals surface area contributed by atoms with Crippen molar-refractivity contribution >= 4 is 27.8 Å². The first kappa shape index (κ1) is 24.3. The molecule has 178 valence electrons. The van der Waals surface area contributed by atoms with Gasteiger partial charge in [0.05, 0.1) is 24.0 Å². The summed E-state index contributed by atoms with van der Waals surface area (Å²) >= 11 is 1.57. The lowest BCUT2D eigenvalue weighted by atomic mass is 9.90. The number of piperidine rings is 1. The number of hydrogen-bond acceptors (Lipinski definition) is 5. The van der Waals surface area contributed by atoms with E-state index >= 15 is 0 Å². The lowest BCUT2D eigenvalue weighted by Gasteiger charge is -2.41. The summed E-state index contributed by atoms with van der Waals surface area (Å²) in [4.78, 5) is 12.4. The zero-order chi connectivity index (χ0) is 24.1. The number of carbonyl (C=O) groups is 1. The van der Waals surface area contributed by atoms with Gasteiger partial charge in [-0.15, -0.1) is 0 Å². The molecule has 6 nitrogen and oxygen atoms in total. The molecule has 1 aliphatic rings. The molecular weight excluding hydrogens is 470 g/mol. The lowest BCUT2D eigenvalue weighted by Crippen LogP contribution is -2.49. The third-order valence-electron chi connectivity index (χ3n) is 6.10. The van der Waals surface area contributed by atoms with Crippen molar-refractivity contribution in [2.45, 2.75) is 28.4 Å². The number of benzene rings is 3. The summed E-state index contributed by atoms with van der Waals surface area (Å²) in [5.74, 6) is -0.458. The molecule has 1 fully saturated rings. The van der Waals surface area contributed by atoms with Crippen molar-refractivity contribution in [1.29, 1.82) is 0 Å². The molecule has 0 radical (unpaired) electrons. The summed E-state index contributed by atoms with van der Waals surface area (Å²) in [6, 6.07) is 24.9. The van der Waals surface area contributed by atoms with E-state index in [1.54, 1.807) is 61.3 Å². The molecule has 0 bridgehead atoms. The van der Waals surface area contributed by atoms with Crippen LogP contribution in [-0.2, 0) is 20.6 Å². The summed E-state index contributed by atoms with van der Waals surface area (Å²) < 4.78 is 33.9. The van der Waals surface area contributed by atoms with Crippen molar-refractivity contribution in [3.05, 3.63) is 96.1 Å². The fourth-order valence-corrected chi connectivity index (χ4v) is 7.28. The van der Waals surface area contributed by atoms with Crippen molar-refractivity contribution in [3.8, 4) is 5.75 Å². The maximum absolute atomic E-state index is 13.6. The number of methoxy groups -OCH3 is 1. The Bertz CT molecular complexity index is 1200. The Labute approximate surface area is 204 Å². The van der Waals surface area contributed by atoms with Crippen molar-refractivity contribution < 1.29 is 23.1 Å². The van der Waals surface area contributed by atoms with Gasteiger partial charge in [0, 0.05) is 17.5 Å². The normalized spacial score (nSPS) is 21.1. The van der Waals surface area contributed by atoms with Gasteiger partial charge < -0.3 is 9.84 Å². The summed E-state index contributed by atoms with van der Waals surface area (Å²) in [5.41, 5.74) is 1.92. The average Bonchev–Trinajstić information content (AvgIpc) is 2.88. The molecular formula is C26H27NO5S2. The molecule has 0 spiro atoms. The van der Waals surface area contributed by atoms with Crippen LogP contribution >= 0.6 is 11.8 Å². The van der Waals surface area contributed by atoms with Crippen molar-refractivity contribution in [1.82, 2.24) is 4.31 Å². The van der Waals surface area contributed by atoms with E-state index in [0.717, 1.165) is 11.1 Å². The summed E-state index contributed by atoms with van der Waals surface area (Å²) in [6.07, 6.45) is 0.396. The van der Waals surface area contributed by atoms with Gasteiger partial charge >= 0.3 is 5.97 Å². The monoisotopic (exact) mass is 497 g/mol. The van der Waals surface area contributed by atoms with Crippen LogP contribution in [0.1, 0.15) is 23.6 Å². The van der Waals surface area contributed by atoms with Crippen LogP contribution in [0.25, 0.3) is 0 Å². The van der Waals surface area contributed by atoms with Crippen LogP contribution in [0.15, 0.2) is 89.8 Å². The number of thioether (sulfide) groups is 1. The highest BCUT2D eigenvalue weighted by molar-refractivity contribution is 7.99. The van der Waals surface area contributed by atoms with Gasteiger partial charge in [0.25, 0.3) is 0 Å². The Morgan fingerprint density at radius 3 is 2.21 bits per heavy atom. The van der Waals surface area contributed by atoms with Crippen LogP contribution in [0.3, 0.4) is 0 Å². The number of nitrogens with zero attached hydrogens (tertiary/aromatic N) is 1. The molecule has 0 aromatic heterocycles. The van der Waals surface area contributed by atoms with Gasteiger partial charge in [-0.25, -0.2) is 8.42 Å².